The Morgan fingerprint density at radius 1 is 0.500 bits per heavy atom. The van der Waals surface area contributed by atoms with Crippen molar-refractivity contribution in [3.63, 3.8) is 0 Å². The van der Waals surface area contributed by atoms with Gasteiger partial charge in [-0.2, -0.15) is 0 Å². The number of thiophene rings is 5. The molecule has 5 aromatic rings. The van der Waals surface area contributed by atoms with Crippen molar-refractivity contribution in [3.05, 3.63) is 102 Å². The number of hydrogen-bond acceptors (Lipinski definition) is 8. The average Bonchev–Trinajstić information content (AvgIpc) is 4.18. The fourth-order valence-electron chi connectivity index (χ4n) is 10.00. The van der Waals surface area contributed by atoms with Crippen LogP contribution < -0.4 is 0 Å². The van der Waals surface area contributed by atoms with Gasteiger partial charge in [-0.1, -0.05) is 110 Å². The normalized spacial score (nSPS) is 16.5. The van der Waals surface area contributed by atoms with Crippen molar-refractivity contribution in [1.29, 1.82) is 0 Å². The molecule has 8 rings (SSSR count). The zero-order valence-corrected chi connectivity index (χ0v) is 45.2. The largest absolute Gasteiger partial charge is 0.313 e. The van der Waals surface area contributed by atoms with Gasteiger partial charge in [0.1, 0.15) is 0 Å². The van der Waals surface area contributed by atoms with Gasteiger partial charge >= 0.3 is 0 Å². The van der Waals surface area contributed by atoms with Crippen molar-refractivity contribution >= 4 is 90.9 Å². The van der Waals surface area contributed by atoms with E-state index in [0.717, 1.165) is 54.8 Å². The Kier molecular flexibility index (Phi) is 17.6. The van der Waals surface area contributed by atoms with Crippen LogP contribution in [0.15, 0.2) is 75.6 Å². The first-order valence-corrected chi connectivity index (χ1v) is 30.3. The molecule has 3 aliphatic heterocycles. The van der Waals surface area contributed by atoms with Crippen LogP contribution in [-0.4, -0.2) is 41.0 Å². The van der Waals surface area contributed by atoms with E-state index in [-0.39, 0.29) is 17.1 Å². The zero-order valence-electron chi connectivity index (χ0n) is 40.3. The van der Waals surface area contributed by atoms with Gasteiger partial charge in [0.05, 0.1) is 27.0 Å². The number of fused-ring (bicyclic) bond motifs is 1. The summed E-state index contributed by atoms with van der Waals surface area (Å²) < 4.78 is 0. The van der Waals surface area contributed by atoms with E-state index in [1.54, 1.807) is 16.2 Å². The Bertz CT molecular complexity index is 2550. The van der Waals surface area contributed by atoms with Crippen LogP contribution in [0.25, 0.3) is 39.9 Å². The number of aryl methyl sites for hydroxylation is 3. The van der Waals surface area contributed by atoms with Crippen LogP contribution in [0.4, 0.5) is 0 Å². The molecule has 0 aromatic carbocycles. The summed E-state index contributed by atoms with van der Waals surface area (Å²) in [7, 11) is 3.81. The van der Waals surface area contributed by atoms with Crippen LogP contribution in [0, 0.1) is 0 Å². The predicted molar refractivity (Wildman–Crippen MR) is 293 cm³/mol. The van der Waals surface area contributed by atoms with Crippen LogP contribution >= 0.6 is 68.4 Å². The maximum absolute atomic E-state index is 14.7. The summed E-state index contributed by atoms with van der Waals surface area (Å²) in [5, 5.41) is 4.53. The molecule has 0 radical (unpaired) electrons. The van der Waals surface area contributed by atoms with Gasteiger partial charge in [0.2, 0.25) is 0 Å². The van der Waals surface area contributed by atoms with Gasteiger partial charge in [-0.05, 0) is 128 Å². The monoisotopic (exact) mass is 994 g/mol. The summed E-state index contributed by atoms with van der Waals surface area (Å²) in [5.74, 6) is -0.0910. The topological polar surface area (TPSA) is 40.6 Å². The van der Waals surface area contributed by atoms with Gasteiger partial charge in [0, 0.05) is 58.8 Å². The number of thioether (sulfide) groups is 1. The van der Waals surface area contributed by atoms with E-state index in [4.69, 9.17) is 0 Å². The Labute approximate surface area is 420 Å². The number of hydrogen-bond donors (Lipinski definition) is 0. The molecule has 10 heteroatoms. The molecule has 5 aromatic heterocycles. The van der Waals surface area contributed by atoms with E-state index in [1.807, 2.05) is 76.1 Å². The van der Waals surface area contributed by atoms with Crippen LogP contribution in [0.5, 0.6) is 0 Å². The zero-order chi connectivity index (χ0) is 46.2. The second kappa shape index (κ2) is 23.5. The third kappa shape index (κ3) is 10.7. The number of nitrogens with zero attached hydrogens (tertiary/aromatic N) is 2. The van der Waals surface area contributed by atoms with Crippen LogP contribution in [0.2, 0.25) is 0 Å². The number of rotatable bonds is 26. The maximum Gasteiger partial charge on any atom is 0.260 e. The summed E-state index contributed by atoms with van der Waals surface area (Å²) in [6.07, 6.45) is 25.0. The van der Waals surface area contributed by atoms with Gasteiger partial charge in [-0.15, -0.1) is 68.4 Å². The second-order valence-electron chi connectivity index (χ2n) is 18.5. The van der Waals surface area contributed by atoms with Gasteiger partial charge in [-0.3, -0.25) is 9.59 Å². The minimum Gasteiger partial charge on any atom is -0.313 e. The van der Waals surface area contributed by atoms with Gasteiger partial charge in [0.25, 0.3) is 11.8 Å². The first-order valence-electron chi connectivity index (χ1n) is 25.2. The molecule has 0 bridgehead atoms. The molecular formula is C56H70N2O2S6. The van der Waals surface area contributed by atoms with E-state index in [2.05, 4.69) is 80.9 Å². The molecule has 2 amide bonds. The minimum absolute atomic E-state index is 0.00656. The lowest BCUT2D eigenvalue weighted by Crippen LogP contribution is -2.29. The van der Waals surface area contributed by atoms with Crippen molar-refractivity contribution < 1.29 is 9.59 Å². The number of allylic oxidation sites excluding steroid dienone is 1. The lowest BCUT2D eigenvalue weighted by Gasteiger charge is -2.22. The van der Waals surface area contributed by atoms with Crippen molar-refractivity contribution in [1.82, 2.24) is 9.80 Å². The molecule has 0 saturated carbocycles. The van der Waals surface area contributed by atoms with E-state index in [0.29, 0.717) is 11.1 Å². The van der Waals surface area contributed by atoms with Crippen molar-refractivity contribution in [2.24, 2.45) is 0 Å². The molecule has 4 nitrogen and oxygen atoms in total. The second-order valence-corrected chi connectivity index (χ2v) is 24.8. The van der Waals surface area contributed by atoms with E-state index >= 15 is 0 Å². The van der Waals surface area contributed by atoms with E-state index < -0.39 is 0 Å². The maximum atomic E-state index is 14.7. The van der Waals surface area contributed by atoms with Crippen molar-refractivity contribution in [2.75, 3.05) is 14.1 Å². The highest BCUT2D eigenvalue weighted by Gasteiger charge is 2.49. The highest BCUT2D eigenvalue weighted by molar-refractivity contribution is 8.09. The van der Waals surface area contributed by atoms with Crippen molar-refractivity contribution in [2.45, 2.75) is 168 Å². The molecule has 3 aliphatic rings. The summed E-state index contributed by atoms with van der Waals surface area (Å²) >= 11 is 11.2. The molecule has 0 saturated heterocycles. The van der Waals surface area contributed by atoms with Crippen molar-refractivity contribution in [3.8, 4) is 29.3 Å². The first-order chi connectivity index (χ1) is 32.3. The molecule has 352 valence electrons. The SMILES string of the molecule is CCCCCCC1=C(c2ccc(-c3sccc3CCCCCC)s2)SC(C2=C3C(=O)N(C)C(c4cc(CCCCCC)c(-c5ccc(-c6sccc6CCCCCC)s5)s4)=C3C(=O)N2C)C1. The number of likely N-dealkylation sites (N-methyl/N-ethyl adjacent to an activating group) is 2. The molecule has 1 unspecified atom stereocenters. The number of carbonyl (C=O) groups excluding carboxylic acids is 2. The fourth-order valence-corrected chi connectivity index (χ4v) is 17.4. The summed E-state index contributed by atoms with van der Waals surface area (Å²) in [6.45, 7) is 9.10. The van der Waals surface area contributed by atoms with Gasteiger partial charge in [0.15, 0.2) is 0 Å². The molecule has 0 spiro atoms. The molecule has 0 fully saturated rings. The number of amides is 2. The Balaban J connectivity index is 1.11. The lowest BCUT2D eigenvalue weighted by atomic mass is 9.98. The molecule has 0 N–H and O–H groups in total. The van der Waals surface area contributed by atoms with Crippen LogP contribution in [0.3, 0.4) is 0 Å². The molecule has 1 atom stereocenters. The van der Waals surface area contributed by atoms with Gasteiger partial charge < -0.3 is 9.80 Å². The summed E-state index contributed by atoms with van der Waals surface area (Å²) in [5.41, 5.74) is 8.70. The Hall–Kier alpha value is -2.99. The highest BCUT2D eigenvalue weighted by atomic mass is 32.2. The lowest BCUT2D eigenvalue weighted by molar-refractivity contribution is -0.123. The summed E-state index contributed by atoms with van der Waals surface area (Å²) in [6, 6.07) is 16.3. The quantitative estimate of drug-likeness (QED) is 0.0518. The molecule has 66 heavy (non-hydrogen) atoms. The van der Waals surface area contributed by atoms with Gasteiger partial charge in [-0.25, -0.2) is 0 Å². The smallest absolute Gasteiger partial charge is 0.260 e. The molecule has 0 aliphatic carbocycles. The molecule has 8 heterocycles. The predicted octanol–water partition coefficient (Wildman–Crippen LogP) is 18.2. The first kappa shape index (κ1) is 49.4. The van der Waals surface area contributed by atoms with E-state index in [1.165, 1.54) is 158 Å². The van der Waals surface area contributed by atoms with E-state index in [9.17, 15) is 9.59 Å². The van der Waals surface area contributed by atoms with Crippen LogP contribution in [0.1, 0.15) is 170 Å². The molecular weight excluding hydrogens is 925 g/mol. The average molecular weight is 996 g/mol. The third-order valence-electron chi connectivity index (χ3n) is 13.7. The minimum atomic E-state index is -0.0455. The third-order valence-corrected chi connectivity index (χ3v) is 21.0. The highest BCUT2D eigenvalue weighted by Crippen LogP contribution is 2.56. The van der Waals surface area contributed by atoms with Crippen LogP contribution in [-0.2, 0) is 28.9 Å². The number of unbranched alkanes of at least 4 members (excludes halogenated alkanes) is 12. The summed E-state index contributed by atoms with van der Waals surface area (Å²) in [4.78, 5) is 44.9. The standard InChI is InChI=1S/C56H70N2O2S6/c1-7-11-15-19-23-37-31-33-61-51(37)41-27-29-43(63-41)53-39(25-21-17-13-9-3)35-45(65-53)49-47-48(56(60)57(49)5)50(58(6)55(47)59)46-36-40(26-22-18-14-10-4)54(66-46)44-30-28-42(64-44)52-38(32-34-62-52)24-20-16-12-8-2/h27-35,46H,7-26,36H2,1-6H3. The fraction of sp³-hybridized carbons (Fsp3) is 0.500. The Morgan fingerprint density at radius 3 is 1.55 bits per heavy atom. The Morgan fingerprint density at radius 2 is 0.985 bits per heavy atom. The number of carbonyl (C=O) groups is 2.